The molecule has 2 aromatic heterocycles. The van der Waals surface area contributed by atoms with E-state index >= 15 is 0 Å². The molecule has 0 aliphatic carbocycles. The Morgan fingerprint density at radius 2 is 2.08 bits per heavy atom. The lowest BCUT2D eigenvalue weighted by atomic mass is 10.1. The van der Waals surface area contributed by atoms with Crippen LogP contribution in [0.4, 0.5) is 13.2 Å². The second kappa shape index (κ2) is 6.30. The highest BCUT2D eigenvalue weighted by Crippen LogP contribution is 2.30. The normalized spacial score (nSPS) is 11.5. The lowest BCUT2D eigenvalue weighted by Crippen LogP contribution is -2.22. The molecular weight excluding hydrogens is 345 g/mol. The van der Waals surface area contributed by atoms with Gasteiger partial charge in [-0.05, 0) is 22.6 Å². The van der Waals surface area contributed by atoms with Crippen molar-refractivity contribution in [1.82, 2.24) is 30.0 Å². The van der Waals surface area contributed by atoms with Crippen LogP contribution in [0.3, 0.4) is 0 Å². The van der Waals surface area contributed by atoms with Gasteiger partial charge in [0.15, 0.2) is 0 Å². The minimum atomic E-state index is -4.91. The standard InChI is InChI=1S/C13H11F3N6O3/c1-21-6-5-11(18-21)24-7-8-9(22-12(23)17-19-20-22)3-2-4-10(8)25-13(14,15)16/h2-6H,7H2,1H3,(H,17,20,23). The third-order valence-electron chi connectivity index (χ3n) is 3.09. The molecule has 132 valence electrons. The van der Waals surface area contributed by atoms with Gasteiger partial charge in [-0.2, -0.15) is 4.68 Å². The summed E-state index contributed by atoms with van der Waals surface area (Å²) in [6.07, 6.45) is -3.30. The van der Waals surface area contributed by atoms with E-state index in [-0.39, 0.29) is 23.7 Å². The molecule has 0 radical (unpaired) electrons. The van der Waals surface area contributed by atoms with Crippen molar-refractivity contribution in [3.63, 3.8) is 0 Å². The highest BCUT2D eigenvalue weighted by Gasteiger charge is 2.33. The van der Waals surface area contributed by atoms with Gasteiger partial charge in [-0.3, -0.25) is 4.68 Å². The van der Waals surface area contributed by atoms with Gasteiger partial charge in [0.25, 0.3) is 0 Å². The van der Waals surface area contributed by atoms with E-state index in [2.05, 4.69) is 25.4 Å². The van der Waals surface area contributed by atoms with Crippen molar-refractivity contribution in [3.05, 3.63) is 46.5 Å². The van der Waals surface area contributed by atoms with Crippen molar-refractivity contribution in [2.75, 3.05) is 0 Å². The fourth-order valence-corrected chi connectivity index (χ4v) is 2.09. The molecule has 1 aromatic carbocycles. The van der Waals surface area contributed by atoms with Crippen molar-refractivity contribution in [1.29, 1.82) is 0 Å². The summed E-state index contributed by atoms with van der Waals surface area (Å²) >= 11 is 0. The van der Waals surface area contributed by atoms with Gasteiger partial charge in [-0.1, -0.05) is 6.07 Å². The molecule has 25 heavy (non-hydrogen) atoms. The van der Waals surface area contributed by atoms with Gasteiger partial charge >= 0.3 is 12.1 Å². The largest absolute Gasteiger partial charge is 0.573 e. The van der Waals surface area contributed by atoms with E-state index in [0.717, 1.165) is 10.7 Å². The molecule has 0 aliphatic rings. The number of hydrogen-bond acceptors (Lipinski definition) is 6. The first kappa shape index (κ1) is 16.5. The lowest BCUT2D eigenvalue weighted by Gasteiger charge is -2.16. The molecule has 0 unspecified atom stereocenters. The van der Waals surface area contributed by atoms with Crippen molar-refractivity contribution in [2.45, 2.75) is 13.0 Å². The second-order valence-corrected chi connectivity index (χ2v) is 4.84. The number of aryl methyl sites for hydroxylation is 1. The summed E-state index contributed by atoms with van der Waals surface area (Å²) in [6.45, 7) is -0.335. The minimum absolute atomic E-state index is 0.0384. The third kappa shape index (κ3) is 3.79. The summed E-state index contributed by atoms with van der Waals surface area (Å²) in [6, 6.07) is 5.33. The Bertz CT molecular complexity index is 929. The summed E-state index contributed by atoms with van der Waals surface area (Å²) in [4.78, 5) is 11.7. The highest BCUT2D eigenvalue weighted by molar-refractivity contribution is 5.49. The first-order valence-electron chi connectivity index (χ1n) is 6.84. The fourth-order valence-electron chi connectivity index (χ4n) is 2.09. The Hall–Kier alpha value is -3.31. The molecule has 0 atom stereocenters. The Labute approximate surface area is 137 Å². The predicted octanol–water partition coefficient (Wildman–Crippen LogP) is 1.17. The van der Waals surface area contributed by atoms with Crippen LogP contribution in [0.2, 0.25) is 0 Å². The molecule has 0 saturated heterocycles. The molecule has 0 bridgehead atoms. The molecular formula is C13H11F3N6O3. The summed E-state index contributed by atoms with van der Waals surface area (Å²) in [5.74, 6) is -0.321. The van der Waals surface area contributed by atoms with Crippen LogP contribution in [0.25, 0.3) is 5.69 Å². The van der Waals surface area contributed by atoms with Gasteiger partial charge in [0.05, 0.1) is 11.3 Å². The van der Waals surface area contributed by atoms with Crippen LogP contribution in [0, 0.1) is 0 Å². The Morgan fingerprint density at radius 3 is 2.68 bits per heavy atom. The van der Waals surface area contributed by atoms with E-state index in [1.807, 2.05) is 0 Å². The number of hydrogen-bond donors (Lipinski definition) is 1. The Morgan fingerprint density at radius 1 is 1.28 bits per heavy atom. The Kier molecular flexibility index (Phi) is 4.17. The van der Waals surface area contributed by atoms with Crippen molar-refractivity contribution >= 4 is 0 Å². The van der Waals surface area contributed by atoms with Gasteiger partial charge in [0, 0.05) is 19.3 Å². The van der Waals surface area contributed by atoms with Crippen LogP contribution < -0.4 is 15.2 Å². The minimum Gasteiger partial charge on any atom is -0.472 e. The zero-order chi connectivity index (χ0) is 18.0. The summed E-state index contributed by atoms with van der Waals surface area (Å²) in [5.41, 5.74) is -0.721. The highest BCUT2D eigenvalue weighted by atomic mass is 19.4. The first-order valence-corrected chi connectivity index (χ1v) is 6.84. The number of ether oxygens (including phenoxy) is 2. The van der Waals surface area contributed by atoms with Crippen LogP contribution in [0.5, 0.6) is 11.6 Å². The Balaban J connectivity index is 2.01. The smallest absolute Gasteiger partial charge is 0.472 e. The molecule has 1 N–H and O–H groups in total. The number of tetrazole rings is 1. The van der Waals surface area contributed by atoms with Gasteiger partial charge in [0.1, 0.15) is 12.4 Å². The van der Waals surface area contributed by atoms with Crippen molar-refractivity contribution in [2.24, 2.45) is 7.05 Å². The van der Waals surface area contributed by atoms with E-state index in [1.54, 1.807) is 13.2 Å². The van der Waals surface area contributed by atoms with Gasteiger partial charge in [-0.25, -0.2) is 9.89 Å². The van der Waals surface area contributed by atoms with Gasteiger partial charge in [-0.15, -0.1) is 18.3 Å². The number of nitrogens with zero attached hydrogens (tertiary/aromatic N) is 5. The lowest BCUT2D eigenvalue weighted by molar-refractivity contribution is -0.275. The average molecular weight is 356 g/mol. The number of aromatic nitrogens is 6. The SMILES string of the molecule is Cn1ccc(OCc2c(OC(F)(F)F)cccc2-n2nn[nH]c2=O)n1. The molecule has 0 amide bonds. The number of alkyl halides is 3. The van der Waals surface area contributed by atoms with E-state index in [1.165, 1.54) is 22.9 Å². The average Bonchev–Trinajstić information content (AvgIpc) is 3.12. The third-order valence-corrected chi connectivity index (χ3v) is 3.09. The molecule has 2 heterocycles. The maximum atomic E-state index is 12.7. The van der Waals surface area contributed by atoms with E-state index in [0.29, 0.717) is 0 Å². The van der Waals surface area contributed by atoms with Gasteiger partial charge < -0.3 is 9.47 Å². The number of aromatic amines is 1. The van der Waals surface area contributed by atoms with Crippen LogP contribution >= 0.6 is 0 Å². The number of halogens is 3. The molecule has 12 heteroatoms. The van der Waals surface area contributed by atoms with Gasteiger partial charge in [0.2, 0.25) is 5.88 Å². The van der Waals surface area contributed by atoms with E-state index in [4.69, 9.17) is 4.74 Å². The molecule has 0 saturated carbocycles. The second-order valence-electron chi connectivity index (χ2n) is 4.84. The zero-order valence-corrected chi connectivity index (χ0v) is 12.7. The molecule has 3 rings (SSSR count). The van der Waals surface area contributed by atoms with Crippen LogP contribution in [0.1, 0.15) is 5.56 Å². The summed E-state index contributed by atoms with van der Waals surface area (Å²) < 4.78 is 49.7. The molecule has 0 fully saturated rings. The van der Waals surface area contributed by atoms with Crippen LogP contribution in [-0.4, -0.2) is 36.4 Å². The van der Waals surface area contributed by atoms with Crippen LogP contribution in [0.15, 0.2) is 35.3 Å². The monoisotopic (exact) mass is 356 g/mol. The van der Waals surface area contributed by atoms with Crippen molar-refractivity contribution < 1.29 is 22.6 Å². The summed E-state index contributed by atoms with van der Waals surface area (Å²) in [5, 5.41) is 12.9. The zero-order valence-electron chi connectivity index (χ0n) is 12.7. The quantitative estimate of drug-likeness (QED) is 0.737. The predicted molar refractivity (Wildman–Crippen MR) is 76.2 cm³/mol. The topological polar surface area (TPSA) is 99.9 Å². The fraction of sp³-hybridized carbons (Fsp3) is 0.231. The number of rotatable bonds is 5. The molecule has 9 nitrogen and oxygen atoms in total. The molecule has 3 aromatic rings. The van der Waals surface area contributed by atoms with Crippen molar-refractivity contribution in [3.8, 4) is 17.3 Å². The van der Waals surface area contributed by atoms with E-state index in [9.17, 15) is 18.0 Å². The maximum absolute atomic E-state index is 12.7. The summed E-state index contributed by atoms with van der Waals surface area (Å²) in [7, 11) is 1.66. The van der Waals surface area contributed by atoms with Crippen LogP contribution in [-0.2, 0) is 13.7 Å². The molecule has 0 aliphatic heterocycles. The maximum Gasteiger partial charge on any atom is 0.573 e. The molecule has 0 spiro atoms. The van der Waals surface area contributed by atoms with E-state index < -0.39 is 17.8 Å². The number of H-pyrrole nitrogens is 1. The number of nitrogens with one attached hydrogen (secondary N) is 1. The first-order chi connectivity index (χ1) is 11.8. The number of benzene rings is 1.